The van der Waals surface area contributed by atoms with E-state index in [9.17, 15) is 9.59 Å². The summed E-state index contributed by atoms with van der Waals surface area (Å²) < 4.78 is 10.8. The van der Waals surface area contributed by atoms with E-state index in [1.165, 1.54) is 6.33 Å². The van der Waals surface area contributed by atoms with Gasteiger partial charge in [-0.25, -0.2) is 24.9 Å². The predicted molar refractivity (Wildman–Crippen MR) is 251 cm³/mol. The van der Waals surface area contributed by atoms with Crippen molar-refractivity contribution in [2.75, 3.05) is 63.2 Å². The van der Waals surface area contributed by atoms with Crippen molar-refractivity contribution in [2.45, 2.75) is 25.9 Å². The number of rotatable bonds is 8. The van der Waals surface area contributed by atoms with Crippen molar-refractivity contribution in [3.8, 4) is 0 Å². The van der Waals surface area contributed by atoms with Crippen molar-refractivity contribution >= 4 is 102 Å². The molecule has 0 aliphatic carbocycles. The van der Waals surface area contributed by atoms with Crippen LogP contribution in [0.25, 0.3) is 43.6 Å². The number of morpholine rings is 2. The highest BCUT2D eigenvalue weighted by Crippen LogP contribution is 2.33. The lowest BCUT2D eigenvalue weighted by Gasteiger charge is -2.27. The minimum Gasteiger partial charge on any atom is -0.378 e. The normalized spacial score (nSPS) is 15.1. The van der Waals surface area contributed by atoms with Gasteiger partial charge in [0.25, 0.3) is 11.8 Å². The van der Waals surface area contributed by atoms with Crippen LogP contribution in [0.15, 0.2) is 91.5 Å². The molecule has 65 heavy (non-hydrogen) atoms. The van der Waals surface area contributed by atoms with E-state index in [0.29, 0.717) is 124 Å². The van der Waals surface area contributed by atoms with Gasteiger partial charge >= 0.3 is 0 Å². The minimum atomic E-state index is -0.305. The Hall–Kier alpha value is -6.43. The van der Waals surface area contributed by atoms with Crippen molar-refractivity contribution in [3.63, 3.8) is 0 Å². The molecule has 2 saturated heterocycles. The third kappa shape index (κ3) is 9.39. The highest BCUT2D eigenvalue weighted by Gasteiger charge is 2.27. The topological polar surface area (TPSA) is 186 Å². The maximum absolute atomic E-state index is 13.4. The number of nitrogens with one attached hydrogen (secondary N) is 2. The number of halogens is 3. The molecule has 2 aromatic carbocycles. The molecule has 0 unspecified atom stereocenters. The van der Waals surface area contributed by atoms with Gasteiger partial charge in [0, 0.05) is 49.3 Å². The van der Waals surface area contributed by atoms with Crippen LogP contribution >= 0.6 is 34.8 Å². The Kier molecular flexibility index (Phi) is 13.0. The molecule has 8 aromatic rings. The lowest BCUT2D eigenvalue weighted by Crippen LogP contribution is -2.41. The first-order chi connectivity index (χ1) is 31.6. The zero-order chi connectivity index (χ0) is 45.0. The average Bonchev–Trinajstić information content (AvgIpc) is 3.33. The fourth-order valence-electron chi connectivity index (χ4n) is 7.76. The van der Waals surface area contributed by atoms with Gasteiger partial charge in [0.1, 0.15) is 28.7 Å². The molecule has 19 heteroatoms. The van der Waals surface area contributed by atoms with Gasteiger partial charge in [0.2, 0.25) is 5.28 Å². The molecule has 10 rings (SSSR count). The van der Waals surface area contributed by atoms with E-state index >= 15 is 0 Å². The van der Waals surface area contributed by atoms with Gasteiger partial charge in [-0.05, 0) is 84.8 Å². The smallest absolute Gasteiger partial charge is 0.273 e. The molecule has 330 valence electrons. The molecule has 0 bridgehead atoms. The number of carbonyl (C=O) groups is 2. The summed E-state index contributed by atoms with van der Waals surface area (Å²) >= 11 is 19.1. The van der Waals surface area contributed by atoms with Crippen molar-refractivity contribution in [2.24, 2.45) is 0 Å². The first kappa shape index (κ1) is 43.8. The highest BCUT2D eigenvalue weighted by atomic mass is 35.5. The largest absolute Gasteiger partial charge is 0.378 e. The monoisotopic (exact) mass is 930 g/mol. The number of pyridine rings is 4. The maximum Gasteiger partial charge on any atom is 0.273 e. The molecule has 2 atom stereocenters. The summed E-state index contributed by atoms with van der Waals surface area (Å²) in [6.07, 6.45) is 4.88. The molecule has 0 spiro atoms. The second kappa shape index (κ2) is 19.4. The van der Waals surface area contributed by atoms with E-state index < -0.39 is 0 Å². The van der Waals surface area contributed by atoms with E-state index in [2.05, 4.69) is 40.5 Å². The van der Waals surface area contributed by atoms with Crippen molar-refractivity contribution < 1.29 is 19.1 Å². The summed E-state index contributed by atoms with van der Waals surface area (Å²) in [5, 5.41) is 10.8. The fraction of sp³-hybridized carbons (Fsp3) is 0.261. The predicted octanol–water partition coefficient (Wildman–Crippen LogP) is 8.40. The van der Waals surface area contributed by atoms with E-state index in [1.54, 1.807) is 40.4 Å². The summed E-state index contributed by atoms with van der Waals surface area (Å²) in [7, 11) is 0. The van der Waals surface area contributed by atoms with Crippen LogP contribution in [-0.2, 0) is 9.47 Å². The lowest BCUT2D eigenvalue weighted by atomic mass is 10.0. The number of amides is 2. The van der Waals surface area contributed by atoms with Crippen LogP contribution < -0.4 is 10.6 Å². The summed E-state index contributed by atoms with van der Waals surface area (Å²) in [5.74, 6) is 0.793. The van der Waals surface area contributed by atoms with Crippen molar-refractivity contribution in [1.82, 2.24) is 49.7 Å². The molecule has 6 aromatic heterocycles. The number of ether oxygens (including phenoxy) is 2. The Labute approximate surface area is 387 Å². The van der Waals surface area contributed by atoms with Crippen LogP contribution in [0.3, 0.4) is 0 Å². The van der Waals surface area contributed by atoms with Crippen LogP contribution in [0.5, 0.6) is 0 Å². The Balaban J connectivity index is 0.000000164. The number of aromatic nitrogens is 8. The zero-order valence-corrected chi connectivity index (χ0v) is 37.5. The van der Waals surface area contributed by atoms with E-state index in [4.69, 9.17) is 54.2 Å². The first-order valence-corrected chi connectivity index (χ1v) is 22.1. The quantitative estimate of drug-likeness (QED) is 0.138. The molecule has 2 aliphatic rings. The summed E-state index contributed by atoms with van der Waals surface area (Å²) in [4.78, 5) is 65.7. The Bertz CT molecular complexity index is 3070. The Morgan fingerprint density at radius 1 is 0.585 bits per heavy atom. The standard InChI is InChI=1S/C23H20Cl2N6O2.C23H21ClN6O2/c1-13(27-21-19-16(6-3-7-26-19)29-23(25)30-21)17-12-14-4-2-5-15(24)18(14)20(28-17)22(32)31-8-10-33-11-9-31;1-14(28-22-20-17(26-13-27-22)6-3-7-25-20)18-12-15-4-2-5-16(24)19(15)21(29-18)23(31)30-8-10-32-11-9-30/h2-7,12-13H,8-11H2,1H3,(H,27,29,30);2-7,12-14H,8-11H2,1H3,(H,26,27,28)/t13-;14-/m00/s1. The fourth-order valence-corrected chi connectivity index (χ4v) is 8.48. The molecule has 0 radical (unpaired) electrons. The molecule has 0 saturated carbocycles. The third-order valence-corrected chi connectivity index (χ3v) is 11.9. The van der Waals surface area contributed by atoms with Gasteiger partial charge in [-0.3, -0.25) is 19.6 Å². The second-order valence-corrected chi connectivity index (χ2v) is 16.5. The van der Waals surface area contributed by atoms with Crippen LogP contribution in [0, 0.1) is 0 Å². The van der Waals surface area contributed by atoms with Gasteiger partial charge in [0.15, 0.2) is 11.6 Å². The lowest BCUT2D eigenvalue weighted by molar-refractivity contribution is 0.0299. The summed E-state index contributed by atoms with van der Waals surface area (Å²) in [6, 6.07) is 21.8. The number of nitrogens with zero attached hydrogens (tertiary/aromatic N) is 10. The first-order valence-electron chi connectivity index (χ1n) is 20.9. The number of hydrogen-bond acceptors (Lipinski definition) is 14. The number of fused-ring (bicyclic) bond motifs is 4. The minimum absolute atomic E-state index is 0.117. The summed E-state index contributed by atoms with van der Waals surface area (Å²) in [5.41, 5.74) is 4.71. The number of hydrogen-bond donors (Lipinski definition) is 2. The van der Waals surface area contributed by atoms with Crippen LogP contribution in [-0.4, -0.2) is 114 Å². The van der Waals surface area contributed by atoms with E-state index in [1.807, 2.05) is 68.4 Å². The SMILES string of the molecule is C[C@H](Nc1nc(Cl)nc2cccnc12)c1cc2cccc(Cl)c2c(C(=O)N2CCOCC2)n1.C[C@H](Nc1ncnc2cccnc12)c1cc2cccc(Cl)c2c(C(=O)N2CCOCC2)n1. The molecular weight excluding hydrogens is 891 g/mol. The molecular formula is C46H41Cl3N12O4. The van der Waals surface area contributed by atoms with Gasteiger partial charge in [-0.2, -0.15) is 4.98 Å². The molecule has 16 nitrogen and oxygen atoms in total. The van der Waals surface area contributed by atoms with Crippen LogP contribution in [0.4, 0.5) is 11.6 Å². The van der Waals surface area contributed by atoms with E-state index in [-0.39, 0.29) is 29.2 Å². The average molecular weight is 932 g/mol. The third-order valence-electron chi connectivity index (χ3n) is 11.1. The zero-order valence-electron chi connectivity index (χ0n) is 35.2. The van der Waals surface area contributed by atoms with Gasteiger partial charge in [0.05, 0.1) is 71.0 Å². The number of benzene rings is 2. The number of anilines is 2. The maximum atomic E-state index is 13.4. The van der Waals surface area contributed by atoms with Crippen LogP contribution in [0.2, 0.25) is 15.3 Å². The van der Waals surface area contributed by atoms with Crippen LogP contribution in [0.1, 0.15) is 58.3 Å². The molecule has 2 fully saturated rings. The van der Waals surface area contributed by atoms with E-state index in [0.717, 1.165) is 16.3 Å². The summed E-state index contributed by atoms with van der Waals surface area (Å²) in [6.45, 7) is 8.04. The van der Waals surface area contributed by atoms with Gasteiger partial charge in [-0.1, -0.05) is 47.5 Å². The second-order valence-electron chi connectivity index (χ2n) is 15.3. The van der Waals surface area contributed by atoms with Gasteiger partial charge in [-0.15, -0.1) is 0 Å². The van der Waals surface area contributed by atoms with Gasteiger partial charge < -0.3 is 29.9 Å². The Morgan fingerprint density at radius 2 is 1.08 bits per heavy atom. The molecule has 2 amide bonds. The molecule has 2 aliphatic heterocycles. The van der Waals surface area contributed by atoms with Crippen molar-refractivity contribution in [1.29, 1.82) is 0 Å². The number of carbonyl (C=O) groups excluding carboxylic acids is 2. The molecule has 8 heterocycles. The molecule has 2 N–H and O–H groups in total. The highest BCUT2D eigenvalue weighted by molar-refractivity contribution is 6.37. The Morgan fingerprint density at radius 3 is 1.62 bits per heavy atom. The van der Waals surface area contributed by atoms with Crippen molar-refractivity contribution in [3.05, 3.63) is 130 Å².